The van der Waals surface area contributed by atoms with Crippen LogP contribution in [0.4, 0.5) is 0 Å². The summed E-state index contributed by atoms with van der Waals surface area (Å²) in [5, 5.41) is 8.49. The molecule has 3 heteroatoms. The fraction of sp³-hybridized carbons (Fsp3) is 0. The average molecular weight is 510 g/mol. The fourth-order valence-electron chi connectivity index (χ4n) is 4.51. The number of hydrazone groups is 1. The summed E-state index contributed by atoms with van der Waals surface area (Å²) in [7, 11) is -2.19. The van der Waals surface area contributed by atoms with E-state index in [0.717, 1.165) is 16.8 Å². The van der Waals surface area contributed by atoms with Crippen LogP contribution in [-0.2, 0) is 0 Å². The Balaban J connectivity index is 1.65. The predicted molar refractivity (Wildman–Crippen MR) is 167 cm³/mol. The molecule has 1 N–H and O–H groups in total. The zero-order valence-electron chi connectivity index (χ0n) is 21.1. The lowest BCUT2D eigenvalue weighted by Gasteiger charge is -2.25. The first-order valence-corrected chi connectivity index (χ1v) is 14.6. The van der Waals surface area contributed by atoms with E-state index in [-0.39, 0.29) is 0 Å². The highest BCUT2D eigenvalue weighted by molar-refractivity contribution is 7.98. The van der Waals surface area contributed by atoms with E-state index < -0.39 is 7.26 Å². The molecule has 184 valence electrons. The van der Waals surface area contributed by atoms with Crippen molar-refractivity contribution in [1.82, 2.24) is 5.43 Å². The van der Waals surface area contributed by atoms with E-state index in [1.54, 1.807) is 6.21 Å². The van der Waals surface area contributed by atoms with Gasteiger partial charge < -0.3 is 0 Å². The van der Waals surface area contributed by atoms with Gasteiger partial charge in [-0.1, -0.05) is 121 Å². The maximum Gasteiger partial charge on any atom is 0.139 e. The van der Waals surface area contributed by atoms with E-state index >= 15 is 0 Å². The van der Waals surface area contributed by atoms with Crippen molar-refractivity contribution in [2.45, 2.75) is 0 Å². The Bertz CT molecular complexity index is 1400. The molecule has 0 saturated carbocycles. The smallest absolute Gasteiger partial charge is 0.139 e. The molecule has 0 saturated heterocycles. The van der Waals surface area contributed by atoms with E-state index in [0.29, 0.717) is 0 Å². The molecule has 2 nitrogen and oxygen atoms in total. The zero-order valence-corrected chi connectivity index (χ0v) is 22.0. The predicted octanol–water partition coefficient (Wildman–Crippen LogP) is 7.27. The SMILES string of the molecule is C(=C(/N/N=C/C=C/c1ccccc1)c1ccccc1)/[P+](c1ccccc1)(c1ccccc1)c1ccccc1. The second-order valence-corrected chi connectivity index (χ2v) is 12.1. The van der Waals surface area contributed by atoms with Crippen molar-refractivity contribution >= 4 is 41.2 Å². The summed E-state index contributed by atoms with van der Waals surface area (Å²) in [6, 6.07) is 53.2. The van der Waals surface area contributed by atoms with Gasteiger partial charge in [0.25, 0.3) is 0 Å². The molecule has 0 aliphatic rings. The van der Waals surface area contributed by atoms with Crippen LogP contribution in [0.1, 0.15) is 11.1 Å². The third kappa shape index (κ3) is 5.89. The standard InChI is InChI=1S/C35H30N2P/c1-6-17-30(18-7-1)19-16-28-36-37-35(31-20-8-2-9-21-31)29-38(32-22-10-3-11-23-32,33-24-12-4-13-25-33)34-26-14-5-15-27-34/h1-29,37H/q+1/b19-16+,35-29-,36-28+. The highest BCUT2D eigenvalue weighted by Crippen LogP contribution is 2.58. The summed E-state index contributed by atoms with van der Waals surface area (Å²) in [5.74, 6) is 2.42. The third-order valence-electron chi connectivity index (χ3n) is 6.33. The number of rotatable bonds is 9. The Morgan fingerprint density at radius 1 is 0.526 bits per heavy atom. The van der Waals surface area contributed by atoms with Gasteiger partial charge in [0.15, 0.2) is 0 Å². The Hall–Kier alpha value is -4.52. The van der Waals surface area contributed by atoms with Gasteiger partial charge in [0, 0.05) is 11.8 Å². The van der Waals surface area contributed by atoms with Crippen LogP contribution >= 0.6 is 7.26 Å². The average Bonchev–Trinajstić information content (AvgIpc) is 3.01. The summed E-state index contributed by atoms with van der Waals surface area (Å²) in [6.07, 6.45) is 5.81. The Kier molecular flexibility index (Phi) is 8.36. The van der Waals surface area contributed by atoms with Crippen molar-refractivity contribution in [3.05, 3.63) is 175 Å². The van der Waals surface area contributed by atoms with Gasteiger partial charge >= 0.3 is 0 Å². The normalized spacial score (nSPS) is 12.2. The second-order valence-electron chi connectivity index (χ2n) is 8.80. The van der Waals surface area contributed by atoms with Gasteiger partial charge in [-0.3, -0.25) is 5.43 Å². The molecule has 5 aromatic carbocycles. The molecular weight excluding hydrogens is 479 g/mol. The Labute approximate surface area is 226 Å². The number of nitrogens with one attached hydrogen (secondary N) is 1. The molecule has 38 heavy (non-hydrogen) atoms. The quantitative estimate of drug-likeness (QED) is 0.126. The van der Waals surface area contributed by atoms with E-state index in [4.69, 9.17) is 0 Å². The van der Waals surface area contributed by atoms with Crippen LogP contribution in [0.5, 0.6) is 0 Å². The van der Waals surface area contributed by atoms with E-state index in [2.05, 4.69) is 144 Å². The summed E-state index contributed by atoms with van der Waals surface area (Å²) < 4.78 is 0. The minimum Gasteiger partial charge on any atom is -0.274 e. The molecule has 0 bridgehead atoms. The molecular formula is C35H30N2P+. The summed E-state index contributed by atoms with van der Waals surface area (Å²) in [6.45, 7) is 0. The van der Waals surface area contributed by atoms with Crippen molar-refractivity contribution in [1.29, 1.82) is 0 Å². The topological polar surface area (TPSA) is 24.4 Å². The lowest BCUT2D eigenvalue weighted by molar-refractivity contribution is 1.00. The first-order chi connectivity index (χ1) is 18.9. The molecule has 0 aromatic heterocycles. The molecule has 0 spiro atoms. The van der Waals surface area contributed by atoms with Crippen LogP contribution in [0.25, 0.3) is 11.8 Å². The highest BCUT2D eigenvalue weighted by atomic mass is 31.2. The van der Waals surface area contributed by atoms with Gasteiger partial charge in [-0.05, 0) is 48.0 Å². The summed E-state index contributed by atoms with van der Waals surface area (Å²) in [5.41, 5.74) is 6.59. The van der Waals surface area contributed by atoms with Gasteiger partial charge in [-0.2, -0.15) is 5.10 Å². The van der Waals surface area contributed by atoms with Gasteiger partial charge in [0.2, 0.25) is 0 Å². The lowest BCUT2D eigenvalue weighted by Crippen LogP contribution is -2.30. The van der Waals surface area contributed by atoms with Crippen LogP contribution in [-0.4, -0.2) is 6.21 Å². The molecule has 5 aromatic rings. The van der Waals surface area contributed by atoms with Crippen LogP contribution in [0, 0.1) is 0 Å². The number of hydrogen-bond donors (Lipinski definition) is 1. The van der Waals surface area contributed by atoms with Crippen LogP contribution in [0.15, 0.2) is 169 Å². The number of allylic oxidation sites excluding steroid dienone is 1. The maximum absolute atomic E-state index is 4.62. The van der Waals surface area contributed by atoms with Gasteiger partial charge in [-0.15, -0.1) is 0 Å². The Morgan fingerprint density at radius 3 is 1.42 bits per heavy atom. The van der Waals surface area contributed by atoms with Crippen molar-refractivity contribution in [3.63, 3.8) is 0 Å². The van der Waals surface area contributed by atoms with Crippen molar-refractivity contribution in [2.24, 2.45) is 5.10 Å². The largest absolute Gasteiger partial charge is 0.274 e. The molecule has 0 aliphatic heterocycles. The van der Waals surface area contributed by atoms with Gasteiger partial charge in [0.1, 0.15) is 23.2 Å². The first-order valence-electron chi connectivity index (χ1n) is 12.7. The first kappa shape index (κ1) is 25.1. The molecule has 0 atom stereocenters. The van der Waals surface area contributed by atoms with Gasteiger partial charge in [0.05, 0.1) is 11.5 Å². The lowest BCUT2D eigenvalue weighted by atomic mass is 10.2. The molecule has 0 unspecified atom stereocenters. The van der Waals surface area contributed by atoms with E-state index in [1.165, 1.54) is 15.9 Å². The molecule has 5 rings (SSSR count). The number of nitrogens with zero attached hydrogens (tertiary/aromatic N) is 1. The van der Waals surface area contributed by atoms with Crippen molar-refractivity contribution in [3.8, 4) is 0 Å². The summed E-state index contributed by atoms with van der Waals surface area (Å²) in [4.78, 5) is 0. The highest BCUT2D eigenvalue weighted by Gasteiger charge is 2.44. The van der Waals surface area contributed by atoms with Crippen molar-refractivity contribution < 1.29 is 0 Å². The van der Waals surface area contributed by atoms with E-state index in [1.807, 2.05) is 36.4 Å². The number of hydrogen-bond acceptors (Lipinski definition) is 2. The molecule has 0 aliphatic carbocycles. The minimum absolute atomic E-state index is 0.972. The van der Waals surface area contributed by atoms with Crippen LogP contribution < -0.4 is 21.3 Å². The molecule has 0 amide bonds. The Morgan fingerprint density at radius 2 is 0.947 bits per heavy atom. The molecule has 0 fully saturated rings. The van der Waals surface area contributed by atoms with Crippen LogP contribution in [0.2, 0.25) is 0 Å². The molecule has 0 heterocycles. The van der Waals surface area contributed by atoms with Crippen LogP contribution in [0.3, 0.4) is 0 Å². The zero-order chi connectivity index (χ0) is 25.9. The monoisotopic (exact) mass is 509 g/mol. The van der Waals surface area contributed by atoms with E-state index in [9.17, 15) is 0 Å². The summed E-state index contributed by atoms with van der Waals surface area (Å²) >= 11 is 0. The number of benzene rings is 5. The minimum atomic E-state index is -2.19. The maximum atomic E-state index is 4.62. The van der Waals surface area contributed by atoms with Gasteiger partial charge in [-0.25, -0.2) is 0 Å². The molecule has 0 radical (unpaired) electrons. The van der Waals surface area contributed by atoms with Crippen molar-refractivity contribution in [2.75, 3.05) is 0 Å². The second kappa shape index (κ2) is 12.6. The third-order valence-corrected chi connectivity index (χ3v) is 10.3. The fourth-order valence-corrected chi connectivity index (χ4v) is 8.37.